The molecule has 6 rings (SSSR count). The number of benzene rings is 4. The van der Waals surface area contributed by atoms with Crippen LogP contribution in [0.1, 0.15) is 0 Å². The van der Waals surface area contributed by atoms with Gasteiger partial charge in [-0.1, -0.05) is 36.4 Å². The first-order valence-electron chi connectivity index (χ1n) is 11.9. The Morgan fingerprint density at radius 3 is 2.03 bits per heavy atom. The van der Waals surface area contributed by atoms with E-state index in [1.165, 1.54) is 29.1 Å². The Bertz CT molecular complexity index is 1860. The molecule has 0 fully saturated rings. The fraction of sp³-hybridized carbons (Fsp3) is 0.0667. The maximum atomic E-state index is 13.1. The summed E-state index contributed by atoms with van der Waals surface area (Å²) < 4.78 is 45.4. The highest BCUT2D eigenvalue weighted by Crippen LogP contribution is 2.26. The van der Waals surface area contributed by atoms with Crippen LogP contribution in [-0.4, -0.2) is 17.6 Å². The molecule has 8 heteroatoms. The maximum Gasteiger partial charge on any atom is 0.261 e. The minimum Gasteiger partial charge on any atom is -0.399 e. The van der Waals surface area contributed by atoms with Gasteiger partial charge >= 0.3 is 0 Å². The number of aromatic nitrogens is 2. The van der Waals surface area contributed by atoms with E-state index >= 15 is 0 Å². The van der Waals surface area contributed by atoms with Crippen molar-refractivity contribution in [2.45, 2.75) is 4.90 Å². The Kier molecular flexibility index (Phi) is 6.65. The summed E-state index contributed by atoms with van der Waals surface area (Å²) in [6.07, 6.45) is 3.96. The number of nitrogens with two attached hydrogens (primary N) is 1. The molecule has 0 atom stereocenters. The standard InChI is InChI=1S/C21H17FN2O2S.C9H10N2/c1-24-12-11-16-7-10-19(14-21(16)24)23-27(25,26)20-4-2-3-17(13-20)15-5-8-18(22)9-6-15;1-11-5-4-7-2-3-8(10)6-9(7)11/h2-14,23H,1H3;2-6H,10H2,1H3. The number of hydrogen-bond donors (Lipinski definition) is 2. The number of nitrogens with one attached hydrogen (secondary N) is 1. The zero-order valence-corrected chi connectivity index (χ0v) is 21.8. The Morgan fingerprint density at radius 1 is 0.711 bits per heavy atom. The molecule has 3 N–H and O–H groups in total. The molecule has 2 heterocycles. The Balaban J connectivity index is 0.000000222. The van der Waals surface area contributed by atoms with Crippen LogP contribution in [0.4, 0.5) is 15.8 Å². The molecular formula is C30H27FN4O2S. The van der Waals surface area contributed by atoms with Crippen molar-refractivity contribution >= 4 is 43.2 Å². The fourth-order valence-electron chi connectivity index (χ4n) is 4.30. The summed E-state index contributed by atoms with van der Waals surface area (Å²) >= 11 is 0. The molecule has 0 bridgehead atoms. The smallest absolute Gasteiger partial charge is 0.261 e. The zero-order chi connectivity index (χ0) is 26.9. The fourth-order valence-corrected chi connectivity index (χ4v) is 5.40. The molecule has 0 aliphatic heterocycles. The number of nitrogen functional groups attached to an aromatic ring is 1. The van der Waals surface area contributed by atoms with Gasteiger partial charge in [0.05, 0.1) is 10.6 Å². The molecule has 6 nitrogen and oxygen atoms in total. The third kappa shape index (κ3) is 5.26. The molecule has 192 valence electrons. The number of anilines is 2. The highest BCUT2D eigenvalue weighted by atomic mass is 32.2. The van der Waals surface area contributed by atoms with E-state index in [4.69, 9.17) is 5.73 Å². The monoisotopic (exact) mass is 526 g/mol. The predicted molar refractivity (Wildman–Crippen MR) is 153 cm³/mol. The highest BCUT2D eigenvalue weighted by molar-refractivity contribution is 7.92. The lowest BCUT2D eigenvalue weighted by molar-refractivity contribution is 0.601. The van der Waals surface area contributed by atoms with Crippen LogP contribution in [0.2, 0.25) is 0 Å². The Morgan fingerprint density at radius 2 is 1.34 bits per heavy atom. The number of fused-ring (bicyclic) bond motifs is 2. The number of sulfonamides is 1. The van der Waals surface area contributed by atoms with Crippen molar-refractivity contribution in [3.63, 3.8) is 0 Å². The Labute approximate surface area is 220 Å². The number of halogens is 1. The summed E-state index contributed by atoms with van der Waals surface area (Å²) in [6.45, 7) is 0. The van der Waals surface area contributed by atoms with Gasteiger partial charge in [-0.3, -0.25) is 4.72 Å². The largest absolute Gasteiger partial charge is 0.399 e. The summed E-state index contributed by atoms with van der Waals surface area (Å²) in [6, 6.07) is 27.9. The SMILES string of the molecule is Cn1ccc2ccc(N)cc21.Cn1ccc2ccc(NS(=O)(=O)c3cccc(-c4ccc(F)cc4)c3)cc21. The third-order valence-electron chi connectivity index (χ3n) is 6.37. The number of aryl methyl sites for hydroxylation is 2. The van der Waals surface area contributed by atoms with Crippen molar-refractivity contribution in [3.05, 3.63) is 115 Å². The molecule has 0 aliphatic carbocycles. The molecule has 0 spiro atoms. The molecule has 0 amide bonds. The summed E-state index contributed by atoms with van der Waals surface area (Å²) in [5.41, 5.74) is 10.5. The van der Waals surface area contributed by atoms with E-state index in [0.29, 0.717) is 11.3 Å². The number of rotatable bonds is 4. The van der Waals surface area contributed by atoms with Crippen molar-refractivity contribution in [1.29, 1.82) is 0 Å². The first kappa shape index (κ1) is 25.1. The second kappa shape index (κ2) is 10.1. The lowest BCUT2D eigenvalue weighted by atomic mass is 10.1. The molecular weight excluding hydrogens is 499 g/mol. The second-order valence-electron chi connectivity index (χ2n) is 9.09. The van der Waals surface area contributed by atoms with E-state index in [-0.39, 0.29) is 10.7 Å². The van der Waals surface area contributed by atoms with Gasteiger partial charge in [0.2, 0.25) is 0 Å². The van der Waals surface area contributed by atoms with Crippen molar-refractivity contribution in [3.8, 4) is 11.1 Å². The summed E-state index contributed by atoms with van der Waals surface area (Å²) in [5.74, 6) is -0.333. The van der Waals surface area contributed by atoms with Crippen LogP contribution >= 0.6 is 0 Å². The molecule has 2 aromatic heterocycles. The molecule has 0 unspecified atom stereocenters. The van der Waals surface area contributed by atoms with Gasteiger partial charge in [-0.2, -0.15) is 0 Å². The van der Waals surface area contributed by atoms with E-state index in [2.05, 4.69) is 15.4 Å². The zero-order valence-electron chi connectivity index (χ0n) is 21.0. The van der Waals surface area contributed by atoms with Gasteiger partial charge in [0.15, 0.2) is 0 Å². The van der Waals surface area contributed by atoms with Gasteiger partial charge in [0, 0.05) is 43.2 Å². The van der Waals surface area contributed by atoms with Crippen LogP contribution in [0.3, 0.4) is 0 Å². The molecule has 0 saturated carbocycles. The van der Waals surface area contributed by atoms with Gasteiger partial charge in [0.25, 0.3) is 10.0 Å². The van der Waals surface area contributed by atoms with Crippen LogP contribution in [0.15, 0.2) is 114 Å². The van der Waals surface area contributed by atoms with Crippen molar-refractivity contribution in [2.24, 2.45) is 14.1 Å². The molecule has 0 radical (unpaired) electrons. The first-order chi connectivity index (χ1) is 18.2. The van der Waals surface area contributed by atoms with Gasteiger partial charge in [0.1, 0.15) is 5.82 Å². The van der Waals surface area contributed by atoms with Crippen LogP contribution in [0.25, 0.3) is 32.9 Å². The van der Waals surface area contributed by atoms with Gasteiger partial charge < -0.3 is 14.9 Å². The van der Waals surface area contributed by atoms with Crippen molar-refractivity contribution in [1.82, 2.24) is 9.13 Å². The van der Waals surface area contributed by atoms with E-state index in [0.717, 1.165) is 22.2 Å². The Hall–Kier alpha value is -4.56. The molecule has 4 aromatic carbocycles. The van der Waals surface area contributed by atoms with Crippen molar-refractivity contribution < 1.29 is 12.8 Å². The normalized spacial score (nSPS) is 11.3. The van der Waals surface area contributed by atoms with E-state index < -0.39 is 10.0 Å². The maximum absolute atomic E-state index is 13.1. The lowest BCUT2D eigenvalue weighted by Gasteiger charge is -2.10. The van der Waals surface area contributed by atoms with E-state index in [1.807, 2.05) is 61.4 Å². The average molecular weight is 527 g/mol. The molecule has 0 aliphatic rings. The quantitative estimate of drug-likeness (QED) is 0.256. The van der Waals surface area contributed by atoms with Crippen LogP contribution < -0.4 is 10.5 Å². The summed E-state index contributed by atoms with van der Waals surface area (Å²) in [4.78, 5) is 0.149. The minimum absolute atomic E-state index is 0.149. The third-order valence-corrected chi connectivity index (χ3v) is 7.75. The molecule has 0 saturated heterocycles. The van der Waals surface area contributed by atoms with Crippen LogP contribution in [0, 0.1) is 5.82 Å². The lowest BCUT2D eigenvalue weighted by Crippen LogP contribution is -2.13. The summed E-state index contributed by atoms with van der Waals surface area (Å²) in [7, 11) is 0.175. The molecule has 6 aromatic rings. The highest BCUT2D eigenvalue weighted by Gasteiger charge is 2.15. The van der Waals surface area contributed by atoms with E-state index in [9.17, 15) is 12.8 Å². The van der Waals surface area contributed by atoms with Gasteiger partial charge in [-0.25, -0.2) is 12.8 Å². The first-order valence-corrected chi connectivity index (χ1v) is 13.4. The minimum atomic E-state index is -3.75. The predicted octanol–water partition coefficient (Wildman–Crippen LogP) is 6.55. The van der Waals surface area contributed by atoms with Crippen LogP contribution in [-0.2, 0) is 24.1 Å². The topological polar surface area (TPSA) is 82.0 Å². The number of hydrogen-bond acceptors (Lipinski definition) is 3. The number of nitrogens with zero attached hydrogens (tertiary/aromatic N) is 2. The molecule has 38 heavy (non-hydrogen) atoms. The van der Waals surface area contributed by atoms with E-state index in [1.54, 1.807) is 42.5 Å². The average Bonchev–Trinajstić information content (AvgIpc) is 3.46. The van der Waals surface area contributed by atoms with Gasteiger partial charge in [-0.05, 0) is 82.6 Å². The van der Waals surface area contributed by atoms with Crippen molar-refractivity contribution in [2.75, 3.05) is 10.5 Å². The second-order valence-corrected chi connectivity index (χ2v) is 10.8. The van der Waals surface area contributed by atoms with Gasteiger partial charge in [-0.15, -0.1) is 0 Å². The summed E-state index contributed by atoms with van der Waals surface area (Å²) in [5, 5.41) is 2.28. The van der Waals surface area contributed by atoms with Crippen LogP contribution in [0.5, 0.6) is 0 Å².